The predicted octanol–water partition coefficient (Wildman–Crippen LogP) is 2.84. The van der Waals surface area contributed by atoms with Crippen molar-refractivity contribution >= 4 is 17.3 Å². The zero-order valence-electron chi connectivity index (χ0n) is 14.2. The second-order valence-electron chi connectivity index (χ2n) is 6.06. The average molecular weight is 323 g/mol. The molecule has 4 nitrogen and oxygen atoms in total. The van der Waals surface area contributed by atoms with Gasteiger partial charge < -0.3 is 15.5 Å². The molecule has 5 heteroatoms. The summed E-state index contributed by atoms with van der Waals surface area (Å²) < 4.78 is 0. The molecule has 1 atom stereocenters. The molecule has 1 aromatic rings. The number of nitrogens with one attached hydrogen (secondary N) is 2. The third-order valence-corrected chi connectivity index (χ3v) is 5.17. The highest BCUT2D eigenvalue weighted by Gasteiger charge is 2.21. The Hall–Kier alpha value is -1.07. The number of guanidine groups is 1. The van der Waals surface area contributed by atoms with Crippen molar-refractivity contribution in [1.29, 1.82) is 0 Å². The van der Waals surface area contributed by atoms with Crippen molar-refractivity contribution in [3.63, 3.8) is 0 Å². The predicted molar refractivity (Wildman–Crippen MR) is 96.7 cm³/mol. The third-order valence-electron chi connectivity index (χ3n) is 4.16. The molecule has 22 heavy (non-hydrogen) atoms. The molecule has 124 valence electrons. The van der Waals surface area contributed by atoms with E-state index >= 15 is 0 Å². The van der Waals surface area contributed by atoms with Crippen LogP contribution in [0.4, 0.5) is 0 Å². The van der Waals surface area contributed by atoms with E-state index in [9.17, 15) is 0 Å². The maximum absolute atomic E-state index is 4.72. The van der Waals surface area contributed by atoms with E-state index < -0.39 is 0 Å². The lowest BCUT2D eigenvalue weighted by atomic mass is 10.1. The van der Waals surface area contributed by atoms with Crippen LogP contribution in [0.1, 0.15) is 37.1 Å². The molecule has 0 radical (unpaired) electrons. The first-order valence-corrected chi connectivity index (χ1v) is 9.38. The van der Waals surface area contributed by atoms with Crippen LogP contribution in [0.3, 0.4) is 0 Å². The number of aliphatic imine (C=N–C) groups is 1. The fourth-order valence-electron chi connectivity index (χ4n) is 2.90. The number of rotatable bonds is 7. The Morgan fingerprint density at radius 2 is 2.27 bits per heavy atom. The van der Waals surface area contributed by atoms with Crippen LogP contribution >= 0.6 is 11.3 Å². The Labute approximate surface area is 139 Å². The second-order valence-corrected chi connectivity index (χ2v) is 7.06. The summed E-state index contributed by atoms with van der Waals surface area (Å²) in [4.78, 5) is 8.65. The van der Waals surface area contributed by atoms with E-state index in [1.807, 2.05) is 0 Å². The Kier molecular flexibility index (Phi) is 7.19. The third kappa shape index (κ3) is 5.29. The summed E-state index contributed by atoms with van der Waals surface area (Å²) in [5.41, 5.74) is 1.34. The summed E-state index contributed by atoms with van der Waals surface area (Å²) in [7, 11) is 0. The summed E-state index contributed by atoms with van der Waals surface area (Å²) in [6.45, 7) is 12.9. The van der Waals surface area contributed by atoms with E-state index in [-0.39, 0.29) is 0 Å². The van der Waals surface area contributed by atoms with Gasteiger partial charge in [-0.1, -0.05) is 6.92 Å². The minimum atomic E-state index is 0.749. The number of hydrogen-bond donors (Lipinski definition) is 2. The summed E-state index contributed by atoms with van der Waals surface area (Å²) in [6, 6.07) is 2.16. The lowest BCUT2D eigenvalue weighted by molar-refractivity contribution is 0.324. The molecule has 1 aliphatic rings. The van der Waals surface area contributed by atoms with Crippen LogP contribution < -0.4 is 10.6 Å². The Bertz CT molecular complexity index is 469. The number of aryl methyl sites for hydroxylation is 1. The van der Waals surface area contributed by atoms with Gasteiger partial charge in [-0.2, -0.15) is 0 Å². The van der Waals surface area contributed by atoms with E-state index in [1.165, 1.54) is 42.9 Å². The quantitative estimate of drug-likeness (QED) is 0.599. The van der Waals surface area contributed by atoms with Gasteiger partial charge in [0.25, 0.3) is 0 Å². The lowest BCUT2D eigenvalue weighted by Gasteiger charge is -2.16. The van der Waals surface area contributed by atoms with Crippen LogP contribution in [0.5, 0.6) is 0 Å². The SMILES string of the molecule is CCCN1CCC(CNC(=NCc2sccc2C)NCC)C1. The van der Waals surface area contributed by atoms with Gasteiger partial charge in [-0.25, -0.2) is 4.99 Å². The smallest absolute Gasteiger partial charge is 0.191 e. The van der Waals surface area contributed by atoms with Crippen LogP contribution in [-0.2, 0) is 6.54 Å². The summed E-state index contributed by atoms with van der Waals surface area (Å²) >= 11 is 1.79. The molecule has 1 aliphatic heterocycles. The summed E-state index contributed by atoms with van der Waals surface area (Å²) in [5.74, 6) is 1.70. The number of thiophene rings is 1. The largest absolute Gasteiger partial charge is 0.357 e. The molecule has 1 saturated heterocycles. The molecule has 1 aromatic heterocycles. The van der Waals surface area contributed by atoms with E-state index in [2.05, 4.69) is 47.8 Å². The topological polar surface area (TPSA) is 39.7 Å². The maximum Gasteiger partial charge on any atom is 0.191 e. The first kappa shape index (κ1) is 17.3. The van der Waals surface area contributed by atoms with Gasteiger partial charge in [0, 0.05) is 24.5 Å². The molecule has 0 aromatic carbocycles. The van der Waals surface area contributed by atoms with Crippen LogP contribution in [0.25, 0.3) is 0 Å². The average Bonchev–Trinajstić information content (AvgIpc) is 3.12. The van der Waals surface area contributed by atoms with Gasteiger partial charge in [0.15, 0.2) is 5.96 Å². The van der Waals surface area contributed by atoms with Crippen LogP contribution in [0, 0.1) is 12.8 Å². The monoisotopic (exact) mass is 322 g/mol. The van der Waals surface area contributed by atoms with Crippen molar-refractivity contribution in [3.8, 4) is 0 Å². The van der Waals surface area contributed by atoms with Crippen molar-refractivity contribution < 1.29 is 0 Å². The minimum Gasteiger partial charge on any atom is -0.357 e. The van der Waals surface area contributed by atoms with Crippen molar-refractivity contribution in [2.45, 2.75) is 40.2 Å². The van der Waals surface area contributed by atoms with Gasteiger partial charge in [0.2, 0.25) is 0 Å². The molecule has 2 rings (SSSR count). The normalized spacial score (nSPS) is 19.6. The molecule has 1 unspecified atom stereocenters. The van der Waals surface area contributed by atoms with Crippen LogP contribution in [0.2, 0.25) is 0 Å². The maximum atomic E-state index is 4.72. The first-order chi connectivity index (χ1) is 10.7. The van der Waals surface area contributed by atoms with Crippen LogP contribution in [-0.4, -0.2) is 43.6 Å². The summed E-state index contributed by atoms with van der Waals surface area (Å²) in [6.07, 6.45) is 2.56. The fraction of sp³-hybridized carbons (Fsp3) is 0.706. The summed E-state index contributed by atoms with van der Waals surface area (Å²) in [5, 5.41) is 9.02. The number of nitrogens with zero attached hydrogens (tertiary/aromatic N) is 2. The van der Waals surface area contributed by atoms with Crippen molar-refractivity contribution in [3.05, 3.63) is 21.9 Å². The zero-order valence-corrected chi connectivity index (χ0v) is 15.0. The highest BCUT2D eigenvalue weighted by molar-refractivity contribution is 7.10. The van der Waals surface area contributed by atoms with Gasteiger partial charge in [-0.05, 0) is 62.7 Å². The van der Waals surface area contributed by atoms with Gasteiger partial charge >= 0.3 is 0 Å². The number of hydrogen-bond acceptors (Lipinski definition) is 3. The lowest BCUT2D eigenvalue weighted by Crippen LogP contribution is -2.40. The van der Waals surface area contributed by atoms with E-state index in [1.54, 1.807) is 11.3 Å². The van der Waals surface area contributed by atoms with Crippen LogP contribution in [0.15, 0.2) is 16.4 Å². The van der Waals surface area contributed by atoms with E-state index in [0.717, 1.165) is 31.5 Å². The standard InChI is InChI=1S/C17H30N4S/c1-4-8-21-9-6-15(13-21)11-19-17(18-5-2)20-12-16-14(3)7-10-22-16/h7,10,15H,4-6,8-9,11-13H2,1-3H3,(H2,18,19,20). The fourth-order valence-corrected chi connectivity index (χ4v) is 3.73. The molecular weight excluding hydrogens is 292 g/mol. The molecule has 0 bridgehead atoms. The Morgan fingerprint density at radius 3 is 2.95 bits per heavy atom. The van der Waals surface area contributed by atoms with Gasteiger partial charge in [-0.3, -0.25) is 0 Å². The van der Waals surface area contributed by atoms with Crippen molar-refractivity contribution in [2.75, 3.05) is 32.7 Å². The van der Waals surface area contributed by atoms with Gasteiger partial charge in [0.05, 0.1) is 6.54 Å². The molecule has 2 N–H and O–H groups in total. The highest BCUT2D eigenvalue weighted by atomic mass is 32.1. The Balaban J connectivity index is 1.80. The zero-order chi connectivity index (χ0) is 15.8. The first-order valence-electron chi connectivity index (χ1n) is 8.50. The van der Waals surface area contributed by atoms with Crippen molar-refractivity contribution in [1.82, 2.24) is 15.5 Å². The molecule has 2 heterocycles. The molecule has 0 spiro atoms. The van der Waals surface area contributed by atoms with E-state index in [0.29, 0.717) is 0 Å². The van der Waals surface area contributed by atoms with Crippen molar-refractivity contribution in [2.24, 2.45) is 10.9 Å². The minimum absolute atomic E-state index is 0.749. The molecule has 0 amide bonds. The molecular formula is C17H30N4S. The second kappa shape index (κ2) is 9.16. The Morgan fingerprint density at radius 1 is 1.41 bits per heavy atom. The van der Waals surface area contributed by atoms with E-state index in [4.69, 9.17) is 4.99 Å². The molecule has 1 fully saturated rings. The highest BCUT2D eigenvalue weighted by Crippen LogP contribution is 2.17. The molecule has 0 saturated carbocycles. The number of likely N-dealkylation sites (tertiary alicyclic amines) is 1. The molecule has 0 aliphatic carbocycles. The van der Waals surface area contributed by atoms with Gasteiger partial charge in [0.1, 0.15) is 0 Å². The van der Waals surface area contributed by atoms with Gasteiger partial charge in [-0.15, -0.1) is 11.3 Å².